The third-order valence-corrected chi connectivity index (χ3v) is 2.74. The molecule has 2 aromatic rings. The van der Waals surface area contributed by atoms with Gasteiger partial charge in [-0.25, -0.2) is 0 Å². The van der Waals surface area contributed by atoms with Crippen molar-refractivity contribution in [3.8, 4) is 11.3 Å². The Bertz CT molecular complexity index is 597. The van der Waals surface area contributed by atoms with E-state index in [1.807, 2.05) is 6.07 Å². The second-order valence-corrected chi connectivity index (χ2v) is 3.87. The van der Waals surface area contributed by atoms with Crippen molar-refractivity contribution in [1.82, 2.24) is 14.9 Å². The minimum absolute atomic E-state index is 0.114. The van der Waals surface area contributed by atoms with Crippen LogP contribution >= 0.6 is 11.8 Å². The van der Waals surface area contributed by atoms with Gasteiger partial charge in [-0.15, -0.1) is 19.8 Å². The molecule has 1 aromatic heterocycles. The Morgan fingerprint density at radius 2 is 1.94 bits per heavy atom. The number of nitroso groups, excluding NO2 is 1. The topological polar surface area (TPSA) is 77.2 Å². The van der Waals surface area contributed by atoms with Crippen LogP contribution in [-0.2, 0) is 0 Å². The minimum atomic E-state index is -0.564. The third-order valence-electron chi connectivity index (χ3n) is 2.12. The SMILES string of the molecule is CSc1nnc(-c2ccccc2)c(=O)n1N=O. The molecule has 0 radical (unpaired) electrons. The first kappa shape index (κ1) is 11.5. The summed E-state index contributed by atoms with van der Waals surface area (Å²) < 4.78 is 0.708. The molecule has 0 unspecified atom stereocenters. The lowest BCUT2D eigenvalue weighted by atomic mass is 10.2. The van der Waals surface area contributed by atoms with Crippen molar-refractivity contribution in [1.29, 1.82) is 0 Å². The summed E-state index contributed by atoms with van der Waals surface area (Å²) in [5, 5.41) is 10.4. The molecule has 0 saturated carbocycles. The van der Waals surface area contributed by atoms with Crippen LogP contribution in [0.25, 0.3) is 11.3 Å². The quantitative estimate of drug-likeness (QED) is 0.608. The molecule has 0 saturated heterocycles. The summed E-state index contributed by atoms with van der Waals surface area (Å²) in [6.45, 7) is 0. The number of aromatic nitrogens is 3. The number of hydrogen-bond donors (Lipinski definition) is 0. The highest BCUT2D eigenvalue weighted by molar-refractivity contribution is 7.98. The van der Waals surface area contributed by atoms with Crippen LogP contribution in [0.1, 0.15) is 0 Å². The van der Waals surface area contributed by atoms with E-state index in [1.165, 1.54) is 0 Å². The van der Waals surface area contributed by atoms with Crippen LogP contribution in [0, 0.1) is 4.91 Å². The Balaban J connectivity index is 2.66. The molecule has 1 aromatic carbocycles. The molecule has 0 spiro atoms. The Kier molecular flexibility index (Phi) is 3.29. The summed E-state index contributed by atoms with van der Waals surface area (Å²) in [6, 6.07) is 8.82. The maximum Gasteiger partial charge on any atom is 0.304 e. The zero-order valence-electron chi connectivity index (χ0n) is 8.90. The summed E-state index contributed by atoms with van der Waals surface area (Å²) >= 11 is 1.13. The highest BCUT2D eigenvalue weighted by Gasteiger charge is 2.13. The van der Waals surface area contributed by atoms with Gasteiger partial charge < -0.3 is 0 Å². The van der Waals surface area contributed by atoms with Crippen LogP contribution in [0.4, 0.5) is 0 Å². The summed E-state index contributed by atoms with van der Waals surface area (Å²) in [7, 11) is 0. The molecule has 86 valence electrons. The van der Waals surface area contributed by atoms with Gasteiger partial charge in [0.05, 0.1) is 5.29 Å². The van der Waals surface area contributed by atoms with Crippen LogP contribution in [-0.4, -0.2) is 21.1 Å². The highest BCUT2D eigenvalue weighted by atomic mass is 32.2. The Morgan fingerprint density at radius 1 is 1.24 bits per heavy atom. The summed E-state index contributed by atoms with van der Waals surface area (Å²) in [4.78, 5) is 22.6. The van der Waals surface area contributed by atoms with Crippen LogP contribution in [0.3, 0.4) is 0 Å². The van der Waals surface area contributed by atoms with E-state index in [2.05, 4.69) is 15.5 Å². The second-order valence-electron chi connectivity index (χ2n) is 3.10. The molecule has 0 aliphatic heterocycles. The second kappa shape index (κ2) is 4.88. The van der Waals surface area contributed by atoms with Gasteiger partial charge in [-0.2, -0.15) is 0 Å². The van der Waals surface area contributed by atoms with Gasteiger partial charge in [0.1, 0.15) is 0 Å². The number of thioether (sulfide) groups is 1. The zero-order chi connectivity index (χ0) is 12.3. The van der Waals surface area contributed by atoms with E-state index < -0.39 is 5.56 Å². The van der Waals surface area contributed by atoms with E-state index in [1.54, 1.807) is 30.5 Å². The van der Waals surface area contributed by atoms with Gasteiger partial charge >= 0.3 is 5.56 Å². The van der Waals surface area contributed by atoms with E-state index in [0.717, 1.165) is 11.8 Å². The van der Waals surface area contributed by atoms with Gasteiger partial charge in [0.25, 0.3) is 0 Å². The fraction of sp³-hybridized carbons (Fsp3) is 0.100. The first-order valence-corrected chi connectivity index (χ1v) is 5.93. The Hall–Kier alpha value is -2.02. The van der Waals surface area contributed by atoms with Crippen LogP contribution < -0.4 is 5.56 Å². The number of hydrogen-bond acceptors (Lipinski definition) is 6. The van der Waals surface area contributed by atoms with E-state index in [9.17, 15) is 9.70 Å². The number of nitrogens with zero attached hydrogens (tertiary/aromatic N) is 4. The van der Waals surface area contributed by atoms with Crippen molar-refractivity contribution in [2.45, 2.75) is 5.16 Å². The van der Waals surface area contributed by atoms with Crippen molar-refractivity contribution >= 4 is 11.8 Å². The molecular weight excluding hydrogens is 240 g/mol. The standard InChI is InChI=1S/C10H8N4O2S/c1-17-10-12-11-8(9(15)14(10)13-16)7-5-3-2-4-6-7/h2-6H,1H3. The van der Waals surface area contributed by atoms with Gasteiger partial charge in [-0.05, 0) is 6.26 Å². The molecule has 0 N–H and O–H groups in total. The van der Waals surface area contributed by atoms with Crippen molar-refractivity contribution in [2.75, 3.05) is 6.26 Å². The number of benzene rings is 1. The molecule has 0 atom stereocenters. The molecule has 0 bridgehead atoms. The fourth-order valence-corrected chi connectivity index (χ4v) is 1.75. The molecule has 1 heterocycles. The fourth-order valence-electron chi connectivity index (χ4n) is 1.34. The normalized spacial score (nSPS) is 10.2. The van der Waals surface area contributed by atoms with Crippen LogP contribution in [0.15, 0.2) is 45.6 Å². The lowest BCUT2D eigenvalue weighted by molar-refractivity contribution is 0.645. The van der Waals surface area contributed by atoms with Gasteiger partial charge in [-0.3, -0.25) is 4.79 Å². The van der Waals surface area contributed by atoms with E-state index >= 15 is 0 Å². The minimum Gasteiger partial charge on any atom is -0.265 e. The van der Waals surface area contributed by atoms with Crippen LogP contribution in [0.2, 0.25) is 0 Å². The average Bonchev–Trinajstić information content (AvgIpc) is 2.39. The highest BCUT2D eigenvalue weighted by Crippen LogP contribution is 2.14. The molecule has 0 amide bonds. The number of rotatable bonds is 3. The largest absolute Gasteiger partial charge is 0.304 e. The summed E-state index contributed by atoms with van der Waals surface area (Å²) in [5.41, 5.74) is 0.156. The summed E-state index contributed by atoms with van der Waals surface area (Å²) in [5.74, 6) is 0. The Labute approximate surface area is 101 Å². The lowest BCUT2D eigenvalue weighted by Crippen LogP contribution is -2.22. The predicted octanol–water partition coefficient (Wildman–Crippen LogP) is 1.56. The third kappa shape index (κ3) is 2.09. The van der Waals surface area contributed by atoms with Crippen molar-refractivity contribution < 1.29 is 0 Å². The van der Waals surface area contributed by atoms with Gasteiger partial charge in [0.2, 0.25) is 5.16 Å². The molecule has 6 nitrogen and oxygen atoms in total. The molecule has 0 aliphatic carbocycles. The van der Waals surface area contributed by atoms with Crippen molar-refractivity contribution in [3.05, 3.63) is 45.6 Å². The molecule has 0 fully saturated rings. The zero-order valence-corrected chi connectivity index (χ0v) is 9.72. The molecule has 17 heavy (non-hydrogen) atoms. The molecular formula is C10H8N4O2S. The van der Waals surface area contributed by atoms with Gasteiger partial charge in [0, 0.05) is 5.56 Å². The first-order chi connectivity index (χ1) is 8.27. The summed E-state index contributed by atoms with van der Waals surface area (Å²) in [6.07, 6.45) is 1.69. The smallest absolute Gasteiger partial charge is 0.265 e. The van der Waals surface area contributed by atoms with Crippen molar-refractivity contribution in [3.63, 3.8) is 0 Å². The van der Waals surface area contributed by atoms with E-state index in [4.69, 9.17) is 0 Å². The molecule has 2 rings (SSSR count). The lowest BCUT2D eigenvalue weighted by Gasteiger charge is -2.02. The van der Waals surface area contributed by atoms with Crippen LogP contribution in [0.5, 0.6) is 0 Å². The van der Waals surface area contributed by atoms with E-state index in [0.29, 0.717) is 10.2 Å². The van der Waals surface area contributed by atoms with Gasteiger partial charge in [-0.1, -0.05) is 42.1 Å². The Morgan fingerprint density at radius 3 is 2.53 bits per heavy atom. The maximum absolute atomic E-state index is 11.9. The maximum atomic E-state index is 11.9. The predicted molar refractivity (Wildman–Crippen MR) is 64.7 cm³/mol. The first-order valence-electron chi connectivity index (χ1n) is 4.70. The monoisotopic (exact) mass is 248 g/mol. The molecule has 0 aliphatic rings. The van der Waals surface area contributed by atoms with Crippen molar-refractivity contribution in [2.24, 2.45) is 5.29 Å². The average molecular weight is 248 g/mol. The molecule has 7 heteroatoms. The van der Waals surface area contributed by atoms with Gasteiger partial charge in [0.15, 0.2) is 5.69 Å². The van der Waals surface area contributed by atoms with E-state index in [-0.39, 0.29) is 10.9 Å².